The lowest BCUT2D eigenvalue weighted by Gasteiger charge is -2.42. The van der Waals surface area contributed by atoms with Gasteiger partial charge in [0.25, 0.3) is 11.5 Å². The molecule has 4 rings (SSSR count). The molecule has 12 heteroatoms. The highest BCUT2D eigenvalue weighted by atomic mass is 35.5. The van der Waals surface area contributed by atoms with E-state index in [2.05, 4.69) is 20.6 Å². The number of aromatic nitrogens is 3. The Morgan fingerprint density at radius 2 is 1.88 bits per heavy atom. The number of likely N-dealkylation sites (N-methyl/N-ethyl adjacent to an activating group) is 1. The summed E-state index contributed by atoms with van der Waals surface area (Å²) >= 11 is 6.50. The van der Waals surface area contributed by atoms with Gasteiger partial charge in [-0.25, -0.2) is 14.8 Å². The normalized spacial score (nSPS) is 21.0. The number of hydrogen-bond acceptors (Lipinski definition) is 8. The van der Waals surface area contributed by atoms with Crippen molar-refractivity contribution in [1.29, 1.82) is 0 Å². The first-order valence-electron chi connectivity index (χ1n) is 10.7. The Bertz CT molecular complexity index is 1240. The number of fused-ring (bicyclic) bond motifs is 2. The number of carbonyl (C=O) groups excluding carboxylic acids is 2. The lowest BCUT2D eigenvalue weighted by molar-refractivity contribution is -0.0761. The Labute approximate surface area is 201 Å². The number of halogens is 1. The number of pyridine rings is 1. The molecule has 1 atom stereocenters. The minimum atomic E-state index is -1.02. The quantitative estimate of drug-likeness (QED) is 0.670. The van der Waals surface area contributed by atoms with Gasteiger partial charge >= 0.3 is 6.09 Å². The molecule has 1 fully saturated rings. The first kappa shape index (κ1) is 24.0. The molecule has 1 spiro atoms. The van der Waals surface area contributed by atoms with Gasteiger partial charge in [-0.05, 0) is 40.7 Å². The van der Waals surface area contributed by atoms with Crippen LogP contribution < -0.4 is 16.2 Å². The Kier molecular flexibility index (Phi) is 5.60. The van der Waals surface area contributed by atoms with E-state index in [9.17, 15) is 14.4 Å². The van der Waals surface area contributed by atoms with Gasteiger partial charge in [-0.1, -0.05) is 11.6 Å². The van der Waals surface area contributed by atoms with Crippen molar-refractivity contribution >= 4 is 40.9 Å². The molecule has 2 aliphatic rings. The van der Waals surface area contributed by atoms with Crippen LogP contribution in [-0.2, 0) is 15.1 Å². The zero-order chi connectivity index (χ0) is 25.1. The van der Waals surface area contributed by atoms with E-state index in [-0.39, 0.29) is 33.9 Å². The zero-order valence-electron chi connectivity index (χ0n) is 19.9. The van der Waals surface area contributed by atoms with Crippen LogP contribution in [0.25, 0.3) is 0 Å². The summed E-state index contributed by atoms with van der Waals surface area (Å²) in [5.74, 6) is 0.0670. The van der Waals surface area contributed by atoms with Gasteiger partial charge in [0.05, 0.1) is 11.6 Å². The number of hydrogen-bond donors (Lipinski definition) is 2. The van der Waals surface area contributed by atoms with Crippen molar-refractivity contribution in [2.24, 2.45) is 0 Å². The fraction of sp³-hybridized carbons (Fsp3) is 0.500. The number of nitrogens with one attached hydrogen (secondary N) is 2. The highest BCUT2D eigenvalue weighted by Gasteiger charge is 2.62. The summed E-state index contributed by atoms with van der Waals surface area (Å²) in [5.41, 5.74) is -2.74. The van der Waals surface area contributed by atoms with Crippen LogP contribution in [0.4, 0.5) is 22.1 Å². The summed E-state index contributed by atoms with van der Waals surface area (Å²) in [6.07, 6.45) is 0.991. The van der Waals surface area contributed by atoms with Crippen LogP contribution in [0.3, 0.4) is 0 Å². The Morgan fingerprint density at radius 3 is 2.50 bits per heavy atom. The maximum absolute atomic E-state index is 13.7. The van der Waals surface area contributed by atoms with E-state index in [1.54, 1.807) is 27.8 Å². The summed E-state index contributed by atoms with van der Waals surface area (Å²) in [5, 5.41) is 5.59. The van der Waals surface area contributed by atoms with Crippen molar-refractivity contribution in [3.8, 4) is 0 Å². The van der Waals surface area contributed by atoms with Gasteiger partial charge in [-0.15, -0.1) is 0 Å². The molecule has 2 aromatic heterocycles. The van der Waals surface area contributed by atoms with Crippen molar-refractivity contribution < 1.29 is 19.1 Å². The third-order valence-corrected chi connectivity index (χ3v) is 6.31. The third kappa shape index (κ3) is 3.78. The van der Waals surface area contributed by atoms with Crippen LogP contribution >= 0.6 is 11.6 Å². The van der Waals surface area contributed by atoms with Crippen molar-refractivity contribution in [3.63, 3.8) is 0 Å². The third-order valence-electron chi connectivity index (χ3n) is 6.02. The lowest BCUT2D eigenvalue weighted by atomic mass is 9.89. The SMILES string of the molecule is CN1C(=O)c2c(Cl)cc(Nc3cc(NC(=O)OC(C)(C)C)ncn3)c(=O)n2[C@@]12CCOC2(C)C. The molecule has 2 amide bonds. The molecule has 0 saturated carbocycles. The Hall–Kier alpha value is -3.18. The van der Waals surface area contributed by atoms with Crippen LogP contribution in [-0.4, -0.2) is 56.3 Å². The Balaban J connectivity index is 1.71. The van der Waals surface area contributed by atoms with Gasteiger partial charge in [-0.2, -0.15) is 0 Å². The predicted molar refractivity (Wildman–Crippen MR) is 126 cm³/mol. The summed E-state index contributed by atoms with van der Waals surface area (Å²) in [7, 11) is 1.65. The van der Waals surface area contributed by atoms with E-state index in [0.29, 0.717) is 13.0 Å². The maximum atomic E-state index is 13.7. The number of carbonyl (C=O) groups is 2. The molecule has 0 unspecified atom stereocenters. The first-order valence-corrected chi connectivity index (χ1v) is 11.1. The molecule has 4 heterocycles. The molecule has 34 heavy (non-hydrogen) atoms. The van der Waals surface area contributed by atoms with E-state index < -0.39 is 28.5 Å². The van der Waals surface area contributed by atoms with Crippen LogP contribution in [0.2, 0.25) is 5.02 Å². The summed E-state index contributed by atoms with van der Waals surface area (Å²) in [6, 6.07) is 2.84. The highest BCUT2D eigenvalue weighted by molar-refractivity contribution is 6.34. The van der Waals surface area contributed by atoms with Crippen LogP contribution in [0.5, 0.6) is 0 Å². The van der Waals surface area contributed by atoms with E-state index >= 15 is 0 Å². The van der Waals surface area contributed by atoms with Crippen molar-refractivity contribution in [2.45, 2.75) is 57.9 Å². The molecule has 182 valence electrons. The summed E-state index contributed by atoms with van der Waals surface area (Å²) < 4.78 is 12.6. The fourth-order valence-corrected chi connectivity index (χ4v) is 4.84. The molecule has 2 aromatic rings. The van der Waals surface area contributed by atoms with Crippen LogP contribution in [0, 0.1) is 0 Å². The average Bonchev–Trinajstić information content (AvgIpc) is 3.14. The molecular weight excluding hydrogens is 464 g/mol. The van der Waals surface area contributed by atoms with Crippen molar-refractivity contribution in [2.75, 3.05) is 24.3 Å². The minimum absolute atomic E-state index is 0.112. The van der Waals surface area contributed by atoms with Gasteiger partial charge in [0.2, 0.25) is 0 Å². The van der Waals surface area contributed by atoms with E-state index in [0.717, 1.165) is 0 Å². The molecule has 2 N–H and O–H groups in total. The number of nitrogens with zero attached hydrogens (tertiary/aromatic N) is 4. The second kappa shape index (κ2) is 7.95. The molecule has 2 aliphatic heterocycles. The molecule has 0 aliphatic carbocycles. The molecule has 1 saturated heterocycles. The number of ether oxygens (including phenoxy) is 2. The highest BCUT2D eigenvalue weighted by Crippen LogP contribution is 2.49. The van der Waals surface area contributed by atoms with Gasteiger partial charge in [0.15, 0.2) is 5.66 Å². The first-order chi connectivity index (χ1) is 15.8. The van der Waals surface area contributed by atoms with E-state index in [1.165, 1.54) is 27.9 Å². The molecule has 0 aromatic carbocycles. The van der Waals surface area contributed by atoms with E-state index in [1.807, 2.05) is 13.8 Å². The van der Waals surface area contributed by atoms with Crippen molar-refractivity contribution in [3.05, 3.63) is 39.5 Å². The monoisotopic (exact) mass is 490 g/mol. The lowest BCUT2D eigenvalue weighted by Crippen LogP contribution is -2.58. The van der Waals surface area contributed by atoms with E-state index in [4.69, 9.17) is 21.1 Å². The molecular formula is C22H27ClN6O5. The number of rotatable bonds is 3. The fourth-order valence-electron chi connectivity index (χ4n) is 4.56. The van der Waals surface area contributed by atoms with Gasteiger partial charge < -0.3 is 19.7 Å². The second-order valence-corrected chi connectivity index (χ2v) is 10.1. The maximum Gasteiger partial charge on any atom is 0.413 e. The smallest absolute Gasteiger partial charge is 0.413 e. The van der Waals surface area contributed by atoms with Gasteiger partial charge in [0, 0.05) is 19.5 Å². The summed E-state index contributed by atoms with van der Waals surface area (Å²) in [6.45, 7) is 9.32. The van der Waals surface area contributed by atoms with Crippen molar-refractivity contribution in [1.82, 2.24) is 19.4 Å². The van der Waals surface area contributed by atoms with Crippen LogP contribution in [0.1, 0.15) is 51.5 Å². The number of anilines is 3. The zero-order valence-corrected chi connectivity index (χ0v) is 20.6. The second-order valence-electron chi connectivity index (χ2n) is 9.73. The Morgan fingerprint density at radius 1 is 1.21 bits per heavy atom. The molecule has 0 radical (unpaired) electrons. The standard InChI is InChI=1S/C22H27ClN6O5/c1-20(2,3)34-19(32)27-15-10-14(24-11-25-15)26-13-9-12(23)16-18(31)28(6)22(29(16)17(13)30)7-8-33-21(22,4)5/h9-11H,7-8H2,1-6H3,(H2,24,25,26,27,32)/t22-/m1/s1. The predicted octanol–water partition coefficient (Wildman–Crippen LogP) is 3.32. The molecule has 0 bridgehead atoms. The minimum Gasteiger partial charge on any atom is -0.444 e. The van der Waals surface area contributed by atoms with Gasteiger partial charge in [0.1, 0.15) is 40.5 Å². The topological polar surface area (TPSA) is 128 Å². The summed E-state index contributed by atoms with van der Waals surface area (Å²) in [4.78, 5) is 48.4. The average molecular weight is 491 g/mol. The largest absolute Gasteiger partial charge is 0.444 e. The molecule has 11 nitrogen and oxygen atoms in total. The van der Waals surface area contributed by atoms with Crippen LogP contribution in [0.15, 0.2) is 23.3 Å². The van der Waals surface area contributed by atoms with Gasteiger partial charge in [-0.3, -0.25) is 19.5 Å². The number of amides is 2.